The molecule has 0 aromatic heterocycles. The van der Waals surface area contributed by atoms with E-state index < -0.39 is 0 Å². The zero-order valence-electron chi connectivity index (χ0n) is 12.4. The van der Waals surface area contributed by atoms with Gasteiger partial charge in [0.25, 0.3) is 0 Å². The molecule has 1 aliphatic carbocycles. The first kappa shape index (κ1) is 13.9. The van der Waals surface area contributed by atoms with Crippen molar-refractivity contribution in [2.24, 2.45) is 0 Å². The number of phenolic OH excluding ortho intramolecular Hbond substituents is 1. The third-order valence-electron chi connectivity index (χ3n) is 4.08. The minimum Gasteiger partial charge on any atom is -0.507 e. The zero-order valence-corrected chi connectivity index (χ0v) is 12.4. The topological polar surface area (TPSA) is 49.3 Å². The molecule has 0 saturated carbocycles. The summed E-state index contributed by atoms with van der Waals surface area (Å²) in [5, 5.41) is 13.3. The summed E-state index contributed by atoms with van der Waals surface area (Å²) < 4.78 is 0. The highest BCUT2D eigenvalue weighted by atomic mass is 16.3. The Morgan fingerprint density at radius 3 is 2.47 bits per heavy atom. The van der Waals surface area contributed by atoms with E-state index in [0.717, 1.165) is 17.5 Å². The van der Waals surface area contributed by atoms with Crippen LogP contribution in [-0.4, -0.2) is 11.0 Å². The van der Waals surface area contributed by atoms with E-state index >= 15 is 0 Å². The molecule has 0 saturated heterocycles. The summed E-state index contributed by atoms with van der Waals surface area (Å²) in [6, 6.07) is 4.02. The Morgan fingerprint density at radius 2 is 1.89 bits per heavy atom. The van der Waals surface area contributed by atoms with E-state index in [4.69, 9.17) is 0 Å². The summed E-state index contributed by atoms with van der Waals surface area (Å²) in [7, 11) is 0. The Kier molecular flexibility index (Phi) is 3.12. The largest absolute Gasteiger partial charge is 0.507 e. The molecule has 1 aliphatic rings. The summed E-state index contributed by atoms with van der Waals surface area (Å²) in [6.45, 7) is 10.6. The number of benzene rings is 1. The minimum atomic E-state index is -0.0838. The number of hydrogen-bond donors (Lipinski definition) is 2. The number of phenols is 1. The first-order valence-corrected chi connectivity index (χ1v) is 6.75. The lowest BCUT2D eigenvalue weighted by molar-refractivity contribution is -0.119. The second-order valence-electron chi connectivity index (χ2n) is 6.85. The fourth-order valence-electron chi connectivity index (χ4n) is 3.53. The van der Waals surface area contributed by atoms with Gasteiger partial charge in [0.15, 0.2) is 0 Å². The average Bonchev–Trinajstić information content (AvgIpc) is 2.43. The third kappa shape index (κ3) is 2.34. The highest BCUT2D eigenvalue weighted by Gasteiger charge is 2.44. The standard InChI is InChI=1S/C16H23NO2/c1-10(18)17-8-11-6-7-12-13(14(11)19)16(4,5)9-15(12,2)3/h6-7,19H,8-9H2,1-5H3,(H,17,18). The molecule has 3 nitrogen and oxygen atoms in total. The van der Waals surface area contributed by atoms with Gasteiger partial charge in [-0.15, -0.1) is 0 Å². The molecule has 0 bridgehead atoms. The predicted molar refractivity (Wildman–Crippen MR) is 76.3 cm³/mol. The van der Waals surface area contributed by atoms with Crippen molar-refractivity contribution >= 4 is 5.91 Å². The number of rotatable bonds is 2. The van der Waals surface area contributed by atoms with Gasteiger partial charge in [0.05, 0.1) is 0 Å². The molecule has 0 fully saturated rings. The highest BCUT2D eigenvalue weighted by Crippen LogP contribution is 2.53. The van der Waals surface area contributed by atoms with Crippen molar-refractivity contribution in [2.75, 3.05) is 0 Å². The average molecular weight is 261 g/mol. The molecule has 1 aromatic carbocycles. The summed E-state index contributed by atoms with van der Waals surface area (Å²) >= 11 is 0. The van der Waals surface area contributed by atoms with Crippen molar-refractivity contribution in [3.05, 3.63) is 28.8 Å². The Balaban J connectivity index is 2.48. The lowest BCUT2D eigenvalue weighted by Gasteiger charge is -2.23. The van der Waals surface area contributed by atoms with Crippen molar-refractivity contribution < 1.29 is 9.90 Å². The van der Waals surface area contributed by atoms with Crippen molar-refractivity contribution in [1.82, 2.24) is 5.32 Å². The maximum Gasteiger partial charge on any atom is 0.217 e. The second kappa shape index (κ2) is 4.26. The number of hydrogen-bond acceptors (Lipinski definition) is 2. The van der Waals surface area contributed by atoms with Crippen LogP contribution >= 0.6 is 0 Å². The molecule has 2 rings (SSSR count). The van der Waals surface area contributed by atoms with Crippen LogP contribution in [0.1, 0.15) is 57.7 Å². The molecule has 19 heavy (non-hydrogen) atoms. The van der Waals surface area contributed by atoms with Gasteiger partial charge in [-0.25, -0.2) is 0 Å². The van der Waals surface area contributed by atoms with E-state index in [2.05, 4.69) is 39.1 Å². The zero-order chi connectivity index (χ0) is 14.4. The van der Waals surface area contributed by atoms with E-state index in [1.165, 1.54) is 12.5 Å². The van der Waals surface area contributed by atoms with Gasteiger partial charge in [-0.05, 0) is 22.8 Å². The van der Waals surface area contributed by atoms with Gasteiger partial charge in [-0.3, -0.25) is 4.79 Å². The van der Waals surface area contributed by atoms with Crippen LogP contribution < -0.4 is 5.32 Å². The number of carbonyl (C=O) groups is 1. The Labute approximate surface area is 115 Å². The molecule has 104 valence electrons. The molecule has 1 aromatic rings. The maximum absolute atomic E-state index is 11.0. The van der Waals surface area contributed by atoms with Gasteiger partial charge >= 0.3 is 0 Å². The number of fused-ring (bicyclic) bond motifs is 1. The molecule has 1 amide bonds. The molecule has 0 unspecified atom stereocenters. The molecule has 0 radical (unpaired) electrons. The maximum atomic E-state index is 11.0. The Morgan fingerprint density at radius 1 is 1.26 bits per heavy atom. The van der Waals surface area contributed by atoms with Crippen molar-refractivity contribution in [2.45, 2.75) is 58.4 Å². The first-order valence-electron chi connectivity index (χ1n) is 6.75. The van der Waals surface area contributed by atoms with E-state index in [1.54, 1.807) is 0 Å². The lowest BCUT2D eigenvalue weighted by Crippen LogP contribution is -2.20. The number of carbonyl (C=O) groups excluding carboxylic acids is 1. The molecular weight excluding hydrogens is 238 g/mol. The van der Waals surface area contributed by atoms with Gasteiger partial charge in [0, 0.05) is 24.6 Å². The van der Waals surface area contributed by atoms with Gasteiger partial charge < -0.3 is 10.4 Å². The number of nitrogens with one attached hydrogen (secondary N) is 1. The van der Waals surface area contributed by atoms with E-state index in [1.807, 2.05) is 6.07 Å². The summed E-state index contributed by atoms with van der Waals surface area (Å²) in [6.07, 6.45) is 1.02. The fourth-order valence-corrected chi connectivity index (χ4v) is 3.53. The second-order valence-corrected chi connectivity index (χ2v) is 6.85. The first-order chi connectivity index (χ1) is 8.65. The van der Waals surface area contributed by atoms with Gasteiger partial charge in [0.2, 0.25) is 5.91 Å². The smallest absolute Gasteiger partial charge is 0.217 e. The SMILES string of the molecule is CC(=O)NCc1ccc2c(c1O)C(C)(C)CC2(C)C. The van der Waals surface area contributed by atoms with Crippen molar-refractivity contribution in [3.63, 3.8) is 0 Å². The Bertz CT molecular complexity index is 530. The van der Waals surface area contributed by atoms with E-state index in [-0.39, 0.29) is 16.7 Å². The number of amides is 1. The van der Waals surface area contributed by atoms with E-state index in [0.29, 0.717) is 12.3 Å². The third-order valence-corrected chi connectivity index (χ3v) is 4.08. The van der Waals surface area contributed by atoms with Crippen LogP contribution in [0.25, 0.3) is 0 Å². The highest BCUT2D eigenvalue weighted by molar-refractivity contribution is 5.73. The predicted octanol–water partition coefficient (Wildman–Crippen LogP) is 2.99. The molecule has 0 atom stereocenters. The monoisotopic (exact) mass is 261 g/mol. The van der Waals surface area contributed by atoms with Crippen LogP contribution in [0.3, 0.4) is 0 Å². The summed E-state index contributed by atoms with van der Waals surface area (Å²) in [4.78, 5) is 11.0. The van der Waals surface area contributed by atoms with Crippen LogP contribution in [0.15, 0.2) is 12.1 Å². The van der Waals surface area contributed by atoms with Gasteiger partial charge in [-0.2, -0.15) is 0 Å². The quantitative estimate of drug-likeness (QED) is 0.860. The fraction of sp³-hybridized carbons (Fsp3) is 0.562. The molecule has 0 heterocycles. The van der Waals surface area contributed by atoms with Gasteiger partial charge in [-0.1, -0.05) is 39.8 Å². The van der Waals surface area contributed by atoms with Crippen molar-refractivity contribution in [1.29, 1.82) is 0 Å². The van der Waals surface area contributed by atoms with Crippen molar-refractivity contribution in [3.8, 4) is 5.75 Å². The molecule has 0 spiro atoms. The Hall–Kier alpha value is -1.51. The molecule has 2 N–H and O–H groups in total. The molecule has 0 aliphatic heterocycles. The minimum absolute atomic E-state index is 0.0326. The number of aromatic hydroxyl groups is 1. The lowest BCUT2D eigenvalue weighted by atomic mass is 9.81. The molecule has 3 heteroatoms. The van der Waals surface area contributed by atoms with Gasteiger partial charge in [0.1, 0.15) is 5.75 Å². The normalized spacial score (nSPS) is 19.0. The summed E-state index contributed by atoms with van der Waals surface area (Å²) in [5.41, 5.74) is 3.11. The summed E-state index contributed by atoms with van der Waals surface area (Å²) in [5.74, 6) is 0.265. The van der Waals surface area contributed by atoms with Crippen LogP contribution in [0.2, 0.25) is 0 Å². The van der Waals surface area contributed by atoms with Crippen LogP contribution in [-0.2, 0) is 22.2 Å². The molecular formula is C16H23NO2. The van der Waals surface area contributed by atoms with Crippen LogP contribution in [0, 0.1) is 0 Å². The van der Waals surface area contributed by atoms with Crippen LogP contribution in [0.4, 0.5) is 0 Å². The van der Waals surface area contributed by atoms with Crippen LogP contribution in [0.5, 0.6) is 5.75 Å². The van der Waals surface area contributed by atoms with E-state index in [9.17, 15) is 9.90 Å².